The van der Waals surface area contributed by atoms with Crippen LogP contribution in [-0.2, 0) is 4.79 Å². The molecule has 5 heteroatoms. The first-order chi connectivity index (χ1) is 9.72. The number of amides is 1. The number of alkyl halides is 1. The normalized spacial score (nSPS) is 15.5. The molecule has 2 rings (SSSR count). The van der Waals surface area contributed by atoms with Crippen molar-refractivity contribution in [2.24, 2.45) is 0 Å². The van der Waals surface area contributed by atoms with Crippen LogP contribution in [0.4, 0.5) is 10.1 Å². The summed E-state index contributed by atoms with van der Waals surface area (Å²) in [5, 5.41) is 0. The summed E-state index contributed by atoms with van der Waals surface area (Å²) in [6.45, 7) is 2.69. The lowest BCUT2D eigenvalue weighted by atomic mass is 10.2. The lowest BCUT2D eigenvalue weighted by Crippen LogP contribution is -2.49. The second-order valence-corrected chi connectivity index (χ2v) is 5.34. The predicted octanol–water partition coefficient (Wildman–Crippen LogP) is 2.88. The van der Waals surface area contributed by atoms with Crippen molar-refractivity contribution in [3.63, 3.8) is 0 Å². The van der Waals surface area contributed by atoms with E-state index in [1.165, 1.54) is 6.07 Å². The van der Waals surface area contributed by atoms with Gasteiger partial charge in [0.2, 0.25) is 5.91 Å². The van der Waals surface area contributed by atoms with Gasteiger partial charge in [-0.15, -0.1) is 11.6 Å². The van der Waals surface area contributed by atoms with Crippen LogP contribution in [0.1, 0.15) is 19.3 Å². The van der Waals surface area contributed by atoms with Crippen LogP contribution in [0.3, 0.4) is 0 Å². The van der Waals surface area contributed by atoms with Gasteiger partial charge in [-0.3, -0.25) is 4.79 Å². The number of benzene rings is 1. The van der Waals surface area contributed by atoms with E-state index in [0.717, 1.165) is 12.8 Å². The Morgan fingerprint density at radius 1 is 1.15 bits per heavy atom. The molecule has 0 atom stereocenters. The van der Waals surface area contributed by atoms with Crippen molar-refractivity contribution in [3.8, 4) is 0 Å². The third-order valence-corrected chi connectivity index (χ3v) is 3.87. The summed E-state index contributed by atoms with van der Waals surface area (Å²) in [5.74, 6) is 0.589. The fraction of sp³-hybridized carbons (Fsp3) is 0.533. The first-order valence-corrected chi connectivity index (χ1v) is 7.59. The fourth-order valence-corrected chi connectivity index (χ4v) is 2.62. The van der Waals surface area contributed by atoms with E-state index in [4.69, 9.17) is 11.6 Å². The predicted molar refractivity (Wildman–Crippen MR) is 79.8 cm³/mol. The van der Waals surface area contributed by atoms with E-state index in [-0.39, 0.29) is 11.7 Å². The highest BCUT2D eigenvalue weighted by atomic mass is 35.5. The van der Waals surface area contributed by atoms with Gasteiger partial charge in [0.05, 0.1) is 5.69 Å². The maximum Gasteiger partial charge on any atom is 0.222 e. The zero-order valence-corrected chi connectivity index (χ0v) is 12.3. The van der Waals surface area contributed by atoms with Gasteiger partial charge in [0, 0.05) is 38.5 Å². The van der Waals surface area contributed by atoms with Crippen LogP contribution in [0.25, 0.3) is 0 Å². The minimum Gasteiger partial charge on any atom is -0.366 e. The van der Waals surface area contributed by atoms with Gasteiger partial charge >= 0.3 is 0 Å². The van der Waals surface area contributed by atoms with Crippen LogP contribution in [0.5, 0.6) is 0 Å². The number of carbonyl (C=O) groups is 1. The number of rotatable bonds is 5. The molecule has 1 fully saturated rings. The monoisotopic (exact) mass is 298 g/mol. The lowest BCUT2D eigenvalue weighted by Gasteiger charge is -2.36. The molecule has 1 heterocycles. The van der Waals surface area contributed by atoms with Crippen LogP contribution >= 0.6 is 11.6 Å². The number of halogens is 2. The van der Waals surface area contributed by atoms with Crippen molar-refractivity contribution in [2.45, 2.75) is 19.3 Å². The molecule has 1 saturated heterocycles. The first kappa shape index (κ1) is 15.1. The zero-order valence-electron chi connectivity index (χ0n) is 11.5. The average molecular weight is 299 g/mol. The Morgan fingerprint density at radius 3 is 2.50 bits per heavy atom. The molecule has 1 aromatic carbocycles. The smallest absolute Gasteiger partial charge is 0.222 e. The third-order valence-electron chi connectivity index (χ3n) is 3.60. The van der Waals surface area contributed by atoms with E-state index in [2.05, 4.69) is 0 Å². The van der Waals surface area contributed by atoms with Crippen molar-refractivity contribution < 1.29 is 9.18 Å². The third kappa shape index (κ3) is 3.85. The molecule has 0 N–H and O–H groups in total. The number of unbranched alkanes of at least 4 members (excludes halogenated alkanes) is 1. The van der Waals surface area contributed by atoms with Crippen LogP contribution < -0.4 is 4.90 Å². The summed E-state index contributed by atoms with van der Waals surface area (Å²) in [6, 6.07) is 6.78. The quantitative estimate of drug-likeness (QED) is 0.616. The minimum absolute atomic E-state index is 0.184. The minimum atomic E-state index is -0.200. The second kappa shape index (κ2) is 7.48. The van der Waals surface area contributed by atoms with Gasteiger partial charge in [-0.25, -0.2) is 4.39 Å². The molecule has 0 aromatic heterocycles. The van der Waals surface area contributed by atoms with Gasteiger partial charge in [-0.2, -0.15) is 0 Å². The highest BCUT2D eigenvalue weighted by Crippen LogP contribution is 2.20. The van der Waals surface area contributed by atoms with E-state index >= 15 is 0 Å². The molecular formula is C15H20ClFN2O. The molecule has 0 spiro atoms. The second-order valence-electron chi connectivity index (χ2n) is 4.97. The maximum absolute atomic E-state index is 13.7. The van der Waals surface area contributed by atoms with Crippen molar-refractivity contribution in [1.29, 1.82) is 0 Å². The van der Waals surface area contributed by atoms with Crippen LogP contribution in [-0.4, -0.2) is 42.9 Å². The van der Waals surface area contributed by atoms with E-state index in [1.54, 1.807) is 12.1 Å². The number of hydrogen-bond donors (Lipinski definition) is 0. The number of hydrogen-bond acceptors (Lipinski definition) is 2. The molecule has 1 aromatic rings. The van der Waals surface area contributed by atoms with E-state index < -0.39 is 0 Å². The molecule has 0 saturated carbocycles. The van der Waals surface area contributed by atoms with Crippen molar-refractivity contribution >= 4 is 23.2 Å². The summed E-state index contributed by atoms with van der Waals surface area (Å²) >= 11 is 5.61. The first-order valence-electron chi connectivity index (χ1n) is 7.05. The Kier molecular flexibility index (Phi) is 5.65. The Balaban J connectivity index is 1.83. The summed E-state index contributed by atoms with van der Waals surface area (Å²) in [5.41, 5.74) is 0.627. The number of para-hydroxylation sites is 1. The Bertz CT molecular complexity index is 447. The Labute approximate surface area is 124 Å². The average Bonchev–Trinajstić information content (AvgIpc) is 2.48. The zero-order chi connectivity index (χ0) is 14.4. The standard InChI is InChI=1S/C15H20ClFN2O/c16-8-4-3-7-15(20)19-11-9-18(10-12-19)14-6-2-1-5-13(14)17/h1-2,5-6H,3-4,7-12H2. The summed E-state index contributed by atoms with van der Waals surface area (Å²) in [6.07, 6.45) is 2.28. The Morgan fingerprint density at radius 2 is 1.85 bits per heavy atom. The summed E-state index contributed by atoms with van der Waals surface area (Å²) in [4.78, 5) is 15.8. The van der Waals surface area contributed by atoms with Crippen LogP contribution in [0.15, 0.2) is 24.3 Å². The van der Waals surface area contributed by atoms with E-state index in [0.29, 0.717) is 44.2 Å². The van der Waals surface area contributed by atoms with Crippen LogP contribution in [0.2, 0.25) is 0 Å². The number of piperazine rings is 1. The van der Waals surface area contributed by atoms with Crippen LogP contribution in [0, 0.1) is 5.82 Å². The Hall–Kier alpha value is -1.29. The van der Waals surface area contributed by atoms with Crippen molar-refractivity contribution in [3.05, 3.63) is 30.1 Å². The molecule has 0 unspecified atom stereocenters. The molecule has 1 aliphatic rings. The largest absolute Gasteiger partial charge is 0.366 e. The molecule has 20 heavy (non-hydrogen) atoms. The lowest BCUT2D eigenvalue weighted by molar-refractivity contribution is -0.131. The number of anilines is 1. The SMILES string of the molecule is O=C(CCCCCl)N1CCN(c2ccccc2F)CC1. The fourth-order valence-electron chi connectivity index (χ4n) is 2.43. The molecule has 1 aliphatic heterocycles. The maximum atomic E-state index is 13.7. The molecule has 0 bridgehead atoms. The molecule has 0 radical (unpaired) electrons. The highest BCUT2D eigenvalue weighted by molar-refractivity contribution is 6.17. The number of nitrogens with zero attached hydrogens (tertiary/aromatic N) is 2. The molecule has 3 nitrogen and oxygen atoms in total. The highest BCUT2D eigenvalue weighted by Gasteiger charge is 2.22. The molecule has 1 amide bonds. The summed E-state index contributed by atoms with van der Waals surface area (Å²) in [7, 11) is 0. The molecule has 110 valence electrons. The van der Waals surface area contributed by atoms with Gasteiger partial charge in [-0.1, -0.05) is 12.1 Å². The van der Waals surface area contributed by atoms with Crippen molar-refractivity contribution in [2.75, 3.05) is 37.0 Å². The molecular weight excluding hydrogens is 279 g/mol. The number of carbonyl (C=O) groups excluding carboxylic acids is 1. The van der Waals surface area contributed by atoms with Gasteiger partial charge < -0.3 is 9.80 Å². The topological polar surface area (TPSA) is 23.6 Å². The van der Waals surface area contributed by atoms with E-state index in [9.17, 15) is 9.18 Å². The molecule has 0 aliphatic carbocycles. The van der Waals surface area contributed by atoms with Crippen molar-refractivity contribution in [1.82, 2.24) is 4.90 Å². The van der Waals surface area contributed by atoms with Gasteiger partial charge in [0.15, 0.2) is 0 Å². The van der Waals surface area contributed by atoms with E-state index in [1.807, 2.05) is 15.9 Å². The van der Waals surface area contributed by atoms with Gasteiger partial charge in [0.25, 0.3) is 0 Å². The van der Waals surface area contributed by atoms with Gasteiger partial charge in [0.1, 0.15) is 5.82 Å². The summed E-state index contributed by atoms with van der Waals surface area (Å²) < 4.78 is 13.7. The van der Waals surface area contributed by atoms with Gasteiger partial charge in [-0.05, 0) is 25.0 Å².